The van der Waals surface area contributed by atoms with Crippen LogP contribution in [0.4, 0.5) is 27.8 Å². The monoisotopic (exact) mass is 385 g/mol. The van der Waals surface area contributed by atoms with Gasteiger partial charge in [0.25, 0.3) is 0 Å². The number of pyridine rings is 1. The van der Waals surface area contributed by atoms with Crippen LogP contribution >= 0.6 is 0 Å². The number of nitrogen functional groups attached to an aromatic ring is 1. The van der Waals surface area contributed by atoms with Crippen molar-refractivity contribution in [3.8, 4) is 5.75 Å². The quantitative estimate of drug-likeness (QED) is 0.358. The molecule has 0 aliphatic carbocycles. The van der Waals surface area contributed by atoms with E-state index in [1.807, 2.05) is 18.2 Å². The van der Waals surface area contributed by atoms with Crippen molar-refractivity contribution in [2.75, 3.05) is 17.7 Å². The number of unbranched alkanes of at least 4 members (excludes halogenated alkanes) is 5. The standard InChI is InChI=1S/C20H27N5O3/c1-2-3-4-5-6-10-13-28-20(27)23-19-17(26)14-16(18(21)22-19)25-24-15-11-8-7-9-12-15/h7-9,11-12,14,26H,2-6,10,13H2,1H3,(H3,21,22,23,27)/b25-24+. The molecule has 0 aliphatic rings. The third kappa shape index (κ3) is 7.22. The molecule has 1 aromatic heterocycles. The molecular formula is C20H27N5O3. The molecule has 0 unspecified atom stereocenters. The maximum atomic E-state index is 11.8. The third-order valence-electron chi connectivity index (χ3n) is 3.99. The van der Waals surface area contributed by atoms with Crippen LogP contribution in [-0.4, -0.2) is 22.8 Å². The first-order valence-corrected chi connectivity index (χ1v) is 9.50. The molecule has 1 aromatic carbocycles. The van der Waals surface area contributed by atoms with E-state index in [-0.39, 0.29) is 23.1 Å². The van der Waals surface area contributed by atoms with Crippen LogP contribution in [0, 0.1) is 0 Å². The number of aromatic nitrogens is 1. The molecule has 0 bridgehead atoms. The van der Waals surface area contributed by atoms with Gasteiger partial charge in [0.2, 0.25) is 0 Å². The lowest BCUT2D eigenvalue weighted by Crippen LogP contribution is -2.15. The van der Waals surface area contributed by atoms with Crippen molar-refractivity contribution in [3.05, 3.63) is 36.4 Å². The fourth-order valence-electron chi connectivity index (χ4n) is 2.47. The van der Waals surface area contributed by atoms with Crippen molar-refractivity contribution in [1.82, 2.24) is 4.98 Å². The number of ether oxygens (including phenoxy) is 1. The first kappa shape index (κ1) is 21.1. The molecule has 2 aromatic rings. The Morgan fingerprint density at radius 1 is 1.14 bits per heavy atom. The Kier molecular flexibility index (Phi) is 8.71. The molecular weight excluding hydrogens is 358 g/mol. The lowest BCUT2D eigenvalue weighted by molar-refractivity contribution is 0.159. The number of nitrogens with one attached hydrogen (secondary N) is 1. The normalized spacial score (nSPS) is 10.9. The van der Waals surface area contributed by atoms with Crippen LogP contribution in [0.3, 0.4) is 0 Å². The van der Waals surface area contributed by atoms with Gasteiger partial charge in [-0.15, -0.1) is 5.11 Å². The molecule has 1 heterocycles. The van der Waals surface area contributed by atoms with Crippen molar-refractivity contribution < 1.29 is 14.6 Å². The lowest BCUT2D eigenvalue weighted by atomic mass is 10.1. The molecule has 0 spiro atoms. The highest BCUT2D eigenvalue weighted by molar-refractivity contribution is 5.86. The molecule has 1 amide bonds. The molecule has 0 fully saturated rings. The van der Waals surface area contributed by atoms with Gasteiger partial charge in [-0.25, -0.2) is 9.78 Å². The van der Waals surface area contributed by atoms with Gasteiger partial charge in [-0.2, -0.15) is 5.11 Å². The van der Waals surface area contributed by atoms with Crippen LogP contribution in [0.5, 0.6) is 5.75 Å². The first-order chi connectivity index (χ1) is 13.6. The fourth-order valence-corrected chi connectivity index (χ4v) is 2.47. The molecule has 28 heavy (non-hydrogen) atoms. The lowest BCUT2D eigenvalue weighted by Gasteiger charge is -2.09. The summed E-state index contributed by atoms with van der Waals surface area (Å²) in [5, 5.41) is 20.5. The van der Waals surface area contributed by atoms with E-state index in [2.05, 4.69) is 27.5 Å². The summed E-state index contributed by atoms with van der Waals surface area (Å²) in [6, 6.07) is 10.4. The molecule has 0 radical (unpaired) electrons. The topological polar surface area (TPSA) is 122 Å². The number of amides is 1. The maximum absolute atomic E-state index is 11.8. The molecule has 8 heteroatoms. The Bertz CT molecular complexity index is 781. The minimum atomic E-state index is -0.686. The Morgan fingerprint density at radius 3 is 2.61 bits per heavy atom. The van der Waals surface area contributed by atoms with Gasteiger partial charge in [0.15, 0.2) is 17.4 Å². The molecule has 0 saturated heterocycles. The number of carbonyl (C=O) groups excluding carboxylic acids is 1. The molecule has 0 atom stereocenters. The zero-order valence-corrected chi connectivity index (χ0v) is 16.1. The molecule has 4 N–H and O–H groups in total. The van der Waals surface area contributed by atoms with Crippen LogP contribution in [0.25, 0.3) is 0 Å². The van der Waals surface area contributed by atoms with E-state index < -0.39 is 6.09 Å². The number of carbonyl (C=O) groups is 1. The maximum Gasteiger partial charge on any atom is 0.412 e. The van der Waals surface area contributed by atoms with Gasteiger partial charge in [0.05, 0.1) is 12.3 Å². The zero-order chi connectivity index (χ0) is 20.2. The molecule has 8 nitrogen and oxygen atoms in total. The highest BCUT2D eigenvalue weighted by atomic mass is 16.5. The van der Waals surface area contributed by atoms with Gasteiger partial charge in [0, 0.05) is 6.07 Å². The molecule has 150 valence electrons. The fraction of sp³-hybridized carbons (Fsp3) is 0.400. The number of benzene rings is 1. The summed E-state index contributed by atoms with van der Waals surface area (Å²) < 4.78 is 5.10. The van der Waals surface area contributed by atoms with Crippen molar-refractivity contribution in [1.29, 1.82) is 0 Å². The van der Waals surface area contributed by atoms with Gasteiger partial charge in [0.1, 0.15) is 5.69 Å². The van der Waals surface area contributed by atoms with E-state index in [9.17, 15) is 9.90 Å². The van der Waals surface area contributed by atoms with Crippen molar-refractivity contribution >= 4 is 29.1 Å². The second kappa shape index (κ2) is 11.5. The Labute approximate surface area is 164 Å². The van der Waals surface area contributed by atoms with Gasteiger partial charge in [-0.05, 0) is 18.6 Å². The summed E-state index contributed by atoms with van der Waals surface area (Å²) in [6.07, 6.45) is 5.90. The highest BCUT2D eigenvalue weighted by Gasteiger charge is 2.12. The van der Waals surface area contributed by atoms with Gasteiger partial charge in [-0.3, -0.25) is 5.32 Å². The van der Waals surface area contributed by atoms with Gasteiger partial charge >= 0.3 is 6.09 Å². The molecule has 2 rings (SSSR count). The third-order valence-corrected chi connectivity index (χ3v) is 3.99. The average Bonchev–Trinajstić information content (AvgIpc) is 2.69. The van der Waals surface area contributed by atoms with E-state index in [0.717, 1.165) is 19.3 Å². The summed E-state index contributed by atoms with van der Waals surface area (Å²) in [7, 11) is 0. The minimum absolute atomic E-state index is 0.0312. The first-order valence-electron chi connectivity index (χ1n) is 9.50. The number of aromatic hydroxyl groups is 1. The van der Waals surface area contributed by atoms with E-state index in [0.29, 0.717) is 12.3 Å². The van der Waals surface area contributed by atoms with Crippen molar-refractivity contribution in [2.45, 2.75) is 45.4 Å². The average molecular weight is 385 g/mol. The smallest absolute Gasteiger partial charge is 0.412 e. The van der Waals surface area contributed by atoms with Crippen LogP contribution in [-0.2, 0) is 4.74 Å². The van der Waals surface area contributed by atoms with E-state index in [1.54, 1.807) is 12.1 Å². The van der Waals surface area contributed by atoms with Crippen molar-refractivity contribution in [2.24, 2.45) is 10.2 Å². The Hall–Kier alpha value is -3.16. The number of azo groups is 1. The number of nitrogens with two attached hydrogens (primary N) is 1. The van der Waals surface area contributed by atoms with Crippen LogP contribution < -0.4 is 11.1 Å². The number of hydrogen-bond acceptors (Lipinski definition) is 7. The second-order valence-corrected chi connectivity index (χ2v) is 6.32. The number of rotatable bonds is 10. The number of hydrogen-bond donors (Lipinski definition) is 3. The largest absolute Gasteiger partial charge is 0.504 e. The van der Waals surface area contributed by atoms with Crippen molar-refractivity contribution in [3.63, 3.8) is 0 Å². The summed E-state index contributed by atoms with van der Waals surface area (Å²) in [4.78, 5) is 15.8. The van der Waals surface area contributed by atoms with E-state index >= 15 is 0 Å². The number of nitrogens with zero attached hydrogens (tertiary/aromatic N) is 3. The SMILES string of the molecule is CCCCCCCCOC(=O)Nc1nc(N)c(/N=N/c2ccccc2)cc1O. The van der Waals surface area contributed by atoms with Gasteiger partial charge in [-0.1, -0.05) is 57.2 Å². The van der Waals surface area contributed by atoms with E-state index in [1.165, 1.54) is 25.3 Å². The summed E-state index contributed by atoms with van der Waals surface area (Å²) in [5.41, 5.74) is 6.68. The van der Waals surface area contributed by atoms with Crippen LogP contribution in [0.2, 0.25) is 0 Å². The van der Waals surface area contributed by atoms with Gasteiger partial charge < -0.3 is 15.6 Å². The summed E-state index contributed by atoms with van der Waals surface area (Å²) in [6.45, 7) is 2.49. The molecule has 0 saturated carbocycles. The Balaban J connectivity index is 1.84. The molecule has 0 aliphatic heterocycles. The van der Waals surface area contributed by atoms with Crippen LogP contribution in [0.15, 0.2) is 46.6 Å². The predicted octanol–water partition coefficient (Wildman–Crippen LogP) is 5.69. The predicted molar refractivity (Wildman–Crippen MR) is 109 cm³/mol. The zero-order valence-electron chi connectivity index (χ0n) is 16.1. The Morgan fingerprint density at radius 2 is 1.86 bits per heavy atom. The summed E-state index contributed by atoms with van der Waals surface area (Å²) >= 11 is 0. The highest BCUT2D eigenvalue weighted by Crippen LogP contribution is 2.32. The van der Waals surface area contributed by atoms with Crippen LogP contribution in [0.1, 0.15) is 45.4 Å². The summed E-state index contributed by atoms with van der Waals surface area (Å²) in [5.74, 6) is -0.319. The number of anilines is 2. The second-order valence-electron chi connectivity index (χ2n) is 6.32. The van der Waals surface area contributed by atoms with E-state index in [4.69, 9.17) is 10.5 Å². The minimum Gasteiger partial charge on any atom is -0.504 e.